The van der Waals surface area contributed by atoms with Gasteiger partial charge in [0.1, 0.15) is 11.5 Å². The van der Waals surface area contributed by atoms with Crippen molar-refractivity contribution < 1.29 is 24.5 Å². The van der Waals surface area contributed by atoms with Crippen LogP contribution in [0.25, 0.3) is 0 Å². The maximum absolute atomic E-state index is 11.3. The number of aliphatic carboxylic acids is 1. The van der Waals surface area contributed by atoms with Crippen LogP contribution in [0.5, 0.6) is 11.5 Å². The monoisotopic (exact) mass is 282 g/mol. The summed E-state index contributed by atoms with van der Waals surface area (Å²) in [5.41, 5.74) is 0.440. The second-order valence-corrected chi connectivity index (χ2v) is 4.64. The number of aliphatic hydroxyl groups excluding tert-OH is 1. The van der Waals surface area contributed by atoms with Crippen LogP contribution in [0.1, 0.15) is 37.9 Å². The van der Waals surface area contributed by atoms with Gasteiger partial charge in [0.15, 0.2) is 0 Å². The van der Waals surface area contributed by atoms with Gasteiger partial charge in [-0.25, -0.2) is 0 Å². The zero-order valence-electron chi connectivity index (χ0n) is 12.1. The molecule has 0 bridgehead atoms. The number of methoxy groups -OCH3 is 2. The quantitative estimate of drug-likeness (QED) is 0.766. The molecule has 0 aromatic heterocycles. The van der Waals surface area contributed by atoms with Crippen molar-refractivity contribution in [1.82, 2.24) is 0 Å². The third kappa shape index (κ3) is 3.87. The molecule has 0 aliphatic heterocycles. The van der Waals surface area contributed by atoms with Crippen molar-refractivity contribution in [3.05, 3.63) is 23.8 Å². The van der Waals surface area contributed by atoms with Crippen molar-refractivity contribution >= 4 is 5.97 Å². The minimum absolute atomic E-state index is 0.424. The third-order valence-electron chi connectivity index (χ3n) is 3.32. The van der Waals surface area contributed by atoms with Crippen LogP contribution in [0.15, 0.2) is 18.2 Å². The van der Waals surface area contributed by atoms with Crippen LogP contribution >= 0.6 is 0 Å². The predicted octanol–water partition coefficient (Wildman–Crippen LogP) is 2.63. The van der Waals surface area contributed by atoms with Gasteiger partial charge in [-0.05, 0) is 24.6 Å². The van der Waals surface area contributed by atoms with E-state index in [2.05, 4.69) is 0 Å². The lowest BCUT2D eigenvalue weighted by molar-refractivity contribution is -0.146. The Morgan fingerprint density at radius 1 is 1.30 bits per heavy atom. The van der Waals surface area contributed by atoms with Gasteiger partial charge in [-0.1, -0.05) is 19.8 Å². The van der Waals surface area contributed by atoms with Gasteiger partial charge in [0.2, 0.25) is 0 Å². The van der Waals surface area contributed by atoms with Crippen LogP contribution in [-0.2, 0) is 4.79 Å². The van der Waals surface area contributed by atoms with Crippen LogP contribution < -0.4 is 9.47 Å². The van der Waals surface area contributed by atoms with E-state index in [0.29, 0.717) is 23.5 Å². The Morgan fingerprint density at radius 2 is 2.00 bits per heavy atom. The van der Waals surface area contributed by atoms with Gasteiger partial charge in [0, 0.05) is 5.56 Å². The smallest absolute Gasteiger partial charge is 0.309 e. The van der Waals surface area contributed by atoms with Crippen LogP contribution in [-0.4, -0.2) is 30.4 Å². The number of carboxylic acids is 1. The summed E-state index contributed by atoms with van der Waals surface area (Å²) in [5, 5.41) is 19.7. The topological polar surface area (TPSA) is 76.0 Å². The average Bonchev–Trinajstić information content (AvgIpc) is 2.46. The molecule has 20 heavy (non-hydrogen) atoms. The van der Waals surface area contributed by atoms with E-state index in [1.165, 1.54) is 14.2 Å². The number of hydrogen-bond donors (Lipinski definition) is 2. The fourth-order valence-corrected chi connectivity index (χ4v) is 2.13. The zero-order valence-corrected chi connectivity index (χ0v) is 12.1. The van der Waals surface area contributed by atoms with Crippen molar-refractivity contribution in [2.24, 2.45) is 5.92 Å². The van der Waals surface area contributed by atoms with Gasteiger partial charge in [0.25, 0.3) is 0 Å². The lowest BCUT2D eigenvalue weighted by atomic mass is 9.90. The molecular weight excluding hydrogens is 260 g/mol. The zero-order chi connectivity index (χ0) is 15.1. The number of benzene rings is 1. The highest BCUT2D eigenvalue weighted by atomic mass is 16.5. The minimum Gasteiger partial charge on any atom is -0.497 e. The molecule has 0 radical (unpaired) electrons. The summed E-state index contributed by atoms with van der Waals surface area (Å²) >= 11 is 0. The average molecular weight is 282 g/mol. The molecule has 1 aromatic carbocycles. The molecule has 0 fully saturated rings. The van der Waals surface area contributed by atoms with E-state index in [-0.39, 0.29) is 0 Å². The molecule has 0 saturated heterocycles. The van der Waals surface area contributed by atoms with Crippen molar-refractivity contribution in [1.29, 1.82) is 0 Å². The Balaban J connectivity index is 3.08. The number of unbranched alkanes of at least 4 members (excludes halogenated alkanes) is 1. The first-order chi connectivity index (χ1) is 9.54. The fraction of sp³-hybridized carbons (Fsp3) is 0.533. The van der Waals surface area contributed by atoms with Gasteiger partial charge in [0.05, 0.1) is 26.2 Å². The van der Waals surface area contributed by atoms with Crippen LogP contribution in [0.3, 0.4) is 0 Å². The van der Waals surface area contributed by atoms with Gasteiger partial charge in [-0.15, -0.1) is 0 Å². The first kappa shape index (κ1) is 16.3. The van der Waals surface area contributed by atoms with Crippen molar-refractivity contribution in [2.45, 2.75) is 32.3 Å². The molecule has 0 aliphatic carbocycles. The van der Waals surface area contributed by atoms with E-state index >= 15 is 0 Å². The molecule has 0 spiro atoms. The molecule has 0 amide bonds. The first-order valence-electron chi connectivity index (χ1n) is 6.67. The highest BCUT2D eigenvalue weighted by Gasteiger charge is 2.29. The molecule has 2 atom stereocenters. The number of carbonyl (C=O) groups is 1. The number of hydrogen-bond acceptors (Lipinski definition) is 4. The van der Waals surface area contributed by atoms with E-state index in [4.69, 9.17) is 9.47 Å². The second-order valence-electron chi connectivity index (χ2n) is 4.64. The summed E-state index contributed by atoms with van der Waals surface area (Å²) in [6, 6.07) is 4.98. The summed E-state index contributed by atoms with van der Waals surface area (Å²) in [4.78, 5) is 11.3. The molecule has 112 valence electrons. The van der Waals surface area contributed by atoms with Crippen LogP contribution in [0.4, 0.5) is 0 Å². The molecule has 0 heterocycles. The van der Waals surface area contributed by atoms with E-state index in [0.717, 1.165) is 12.8 Å². The summed E-state index contributed by atoms with van der Waals surface area (Å²) < 4.78 is 10.3. The van der Waals surface area contributed by atoms with Crippen molar-refractivity contribution in [3.8, 4) is 11.5 Å². The highest BCUT2D eigenvalue weighted by molar-refractivity contribution is 5.71. The summed E-state index contributed by atoms with van der Waals surface area (Å²) in [5.74, 6) is -0.840. The number of carboxylic acid groups (broad SMARTS) is 1. The van der Waals surface area contributed by atoms with Crippen LogP contribution in [0, 0.1) is 5.92 Å². The SMILES string of the molecule is CCCCC(C(=O)O)C(O)c1cc(OC)ccc1OC. The van der Waals surface area contributed by atoms with Crippen molar-refractivity contribution in [2.75, 3.05) is 14.2 Å². The molecule has 2 unspecified atom stereocenters. The second kappa shape index (κ2) is 7.75. The number of aliphatic hydroxyl groups is 1. The summed E-state index contributed by atoms with van der Waals surface area (Å²) in [7, 11) is 3.00. The summed E-state index contributed by atoms with van der Waals surface area (Å²) in [6.07, 6.45) is 0.934. The van der Waals surface area contributed by atoms with E-state index in [1.807, 2.05) is 6.92 Å². The first-order valence-corrected chi connectivity index (χ1v) is 6.67. The highest BCUT2D eigenvalue weighted by Crippen LogP contribution is 2.35. The van der Waals surface area contributed by atoms with E-state index < -0.39 is 18.0 Å². The van der Waals surface area contributed by atoms with Gasteiger partial charge < -0.3 is 19.7 Å². The van der Waals surface area contributed by atoms with Gasteiger partial charge in [-0.3, -0.25) is 4.79 Å². The van der Waals surface area contributed by atoms with Crippen LogP contribution in [0.2, 0.25) is 0 Å². The third-order valence-corrected chi connectivity index (χ3v) is 3.32. The lowest BCUT2D eigenvalue weighted by Crippen LogP contribution is -2.22. The lowest BCUT2D eigenvalue weighted by Gasteiger charge is -2.21. The number of ether oxygens (including phenoxy) is 2. The molecular formula is C15H22O5. The van der Waals surface area contributed by atoms with Gasteiger partial charge in [-0.2, -0.15) is 0 Å². The molecule has 5 nitrogen and oxygen atoms in total. The van der Waals surface area contributed by atoms with Crippen molar-refractivity contribution in [3.63, 3.8) is 0 Å². The molecule has 1 aromatic rings. The Kier molecular flexibility index (Phi) is 6.31. The molecule has 0 aliphatic rings. The summed E-state index contributed by atoms with van der Waals surface area (Å²) in [6.45, 7) is 1.98. The molecule has 1 rings (SSSR count). The van der Waals surface area contributed by atoms with E-state index in [1.54, 1.807) is 18.2 Å². The molecule has 5 heteroatoms. The van der Waals surface area contributed by atoms with E-state index in [9.17, 15) is 15.0 Å². The Bertz CT molecular complexity index is 444. The maximum atomic E-state index is 11.3. The Labute approximate surface area is 119 Å². The fourth-order valence-electron chi connectivity index (χ4n) is 2.13. The molecule has 2 N–H and O–H groups in total. The molecule has 0 saturated carbocycles. The maximum Gasteiger partial charge on any atom is 0.309 e. The largest absolute Gasteiger partial charge is 0.497 e. The predicted molar refractivity (Wildman–Crippen MR) is 75.2 cm³/mol. The van der Waals surface area contributed by atoms with Gasteiger partial charge >= 0.3 is 5.97 Å². The Morgan fingerprint density at radius 3 is 2.50 bits per heavy atom. The normalized spacial score (nSPS) is 13.6. The minimum atomic E-state index is -1.12. The number of rotatable bonds is 8. The standard InChI is InChI=1S/C15H22O5/c1-4-5-6-11(15(17)18)14(16)12-9-10(19-2)7-8-13(12)20-3/h7-9,11,14,16H,4-6H2,1-3H3,(H,17,18). The Hall–Kier alpha value is -1.75.